The lowest BCUT2D eigenvalue weighted by Gasteiger charge is -2.31. The van der Waals surface area contributed by atoms with Crippen LogP contribution in [-0.2, 0) is 20.9 Å². The highest BCUT2D eigenvalue weighted by Crippen LogP contribution is 2.17. The summed E-state index contributed by atoms with van der Waals surface area (Å²) in [5.74, 6) is -0.614. The summed E-state index contributed by atoms with van der Waals surface area (Å²) in [4.78, 5) is 37.5. The summed E-state index contributed by atoms with van der Waals surface area (Å²) in [6.45, 7) is 5.46. The average Bonchev–Trinajstić information content (AvgIpc) is 2.46. The maximum Gasteiger partial charge on any atom is 0.408 e. The molecule has 0 aromatic heterocycles. The average molecular weight is 318 g/mol. The van der Waals surface area contributed by atoms with Gasteiger partial charge in [-0.2, -0.15) is 0 Å². The van der Waals surface area contributed by atoms with Crippen molar-refractivity contribution in [3.8, 4) is 0 Å². The third-order valence-corrected chi connectivity index (χ3v) is 3.39. The lowest BCUT2D eigenvalue weighted by molar-refractivity contribution is -0.150. The van der Waals surface area contributed by atoms with Crippen LogP contribution in [0, 0.1) is 0 Å². The van der Waals surface area contributed by atoms with Gasteiger partial charge in [0, 0.05) is 6.42 Å². The van der Waals surface area contributed by atoms with Gasteiger partial charge in [0.05, 0.1) is 6.54 Å². The summed E-state index contributed by atoms with van der Waals surface area (Å²) in [5, 5.41) is 2.56. The fourth-order valence-electron chi connectivity index (χ4n) is 2.35. The van der Waals surface area contributed by atoms with Gasteiger partial charge in [-0.15, -0.1) is 0 Å². The van der Waals surface area contributed by atoms with E-state index in [0.717, 1.165) is 5.56 Å². The van der Waals surface area contributed by atoms with Gasteiger partial charge in [-0.25, -0.2) is 4.79 Å². The fourth-order valence-corrected chi connectivity index (χ4v) is 2.35. The van der Waals surface area contributed by atoms with Gasteiger partial charge in [-0.1, -0.05) is 30.3 Å². The van der Waals surface area contributed by atoms with Crippen molar-refractivity contribution < 1.29 is 19.1 Å². The van der Waals surface area contributed by atoms with E-state index in [9.17, 15) is 14.4 Å². The summed E-state index contributed by atoms with van der Waals surface area (Å²) in [6.07, 6.45) is -0.133. The van der Waals surface area contributed by atoms with E-state index in [1.807, 2.05) is 30.3 Å². The van der Waals surface area contributed by atoms with E-state index in [4.69, 9.17) is 4.74 Å². The highest BCUT2D eigenvalue weighted by molar-refractivity contribution is 6.01. The third-order valence-electron chi connectivity index (χ3n) is 3.39. The number of ether oxygens (including phenoxy) is 1. The summed E-state index contributed by atoms with van der Waals surface area (Å²) < 4.78 is 5.16. The van der Waals surface area contributed by atoms with Crippen LogP contribution in [0.2, 0.25) is 0 Å². The van der Waals surface area contributed by atoms with Gasteiger partial charge < -0.3 is 10.1 Å². The van der Waals surface area contributed by atoms with Crippen LogP contribution < -0.4 is 5.32 Å². The van der Waals surface area contributed by atoms with Gasteiger partial charge >= 0.3 is 6.09 Å². The SMILES string of the molecule is CC(C)(C)OC(=O)NC1CCC(=O)N(Cc2ccccc2)C1=O. The lowest BCUT2D eigenvalue weighted by Crippen LogP contribution is -2.54. The third kappa shape index (κ3) is 4.81. The zero-order valence-electron chi connectivity index (χ0n) is 13.7. The number of carbonyl (C=O) groups excluding carboxylic acids is 3. The molecule has 0 spiro atoms. The first-order valence-electron chi connectivity index (χ1n) is 7.64. The predicted octanol–water partition coefficient (Wildman–Crippen LogP) is 2.23. The molecule has 1 aliphatic heterocycles. The van der Waals surface area contributed by atoms with E-state index in [1.54, 1.807) is 20.8 Å². The molecule has 3 amide bonds. The number of benzene rings is 1. The summed E-state index contributed by atoms with van der Waals surface area (Å²) >= 11 is 0. The predicted molar refractivity (Wildman–Crippen MR) is 84.4 cm³/mol. The van der Waals surface area contributed by atoms with Crippen LogP contribution in [0.15, 0.2) is 30.3 Å². The number of nitrogens with one attached hydrogen (secondary N) is 1. The van der Waals surface area contributed by atoms with Crippen molar-refractivity contribution in [3.63, 3.8) is 0 Å². The number of alkyl carbamates (subject to hydrolysis) is 1. The molecule has 0 bridgehead atoms. The molecule has 1 fully saturated rings. The second kappa shape index (κ2) is 6.81. The Balaban J connectivity index is 2.02. The van der Waals surface area contributed by atoms with E-state index >= 15 is 0 Å². The molecule has 0 aliphatic carbocycles. The molecule has 0 radical (unpaired) electrons. The van der Waals surface area contributed by atoms with Crippen molar-refractivity contribution in [1.82, 2.24) is 10.2 Å². The lowest BCUT2D eigenvalue weighted by atomic mass is 10.0. The number of nitrogens with zero attached hydrogens (tertiary/aromatic N) is 1. The zero-order chi connectivity index (χ0) is 17.0. The molecule has 0 saturated carbocycles. The Morgan fingerprint density at radius 1 is 1.26 bits per heavy atom. The smallest absolute Gasteiger partial charge is 0.408 e. The molecule has 1 heterocycles. The van der Waals surface area contributed by atoms with Gasteiger partial charge in [0.15, 0.2) is 0 Å². The molecule has 1 saturated heterocycles. The molecular formula is C17H22N2O4. The Morgan fingerprint density at radius 3 is 2.52 bits per heavy atom. The Morgan fingerprint density at radius 2 is 1.91 bits per heavy atom. The number of hydrogen-bond donors (Lipinski definition) is 1. The number of amides is 3. The van der Waals surface area contributed by atoms with Crippen molar-refractivity contribution >= 4 is 17.9 Å². The molecule has 6 nitrogen and oxygen atoms in total. The van der Waals surface area contributed by atoms with Crippen LogP contribution in [0.3, 0.4) is 0 Å². The van der Waals surface area contributed by atoms with E-state index < -0.39 is 23.6 Å². The number of hydrogen-bond acceptors (Lipinski definition) is 4. The highest BCUT2D eigenvalue weighted by atomic mass is 16.6. The number of carbonyl (C=O) groups is 3. The molecule has 1 aromatic carbocycles. The summed E-state index contributed by atoms with van der Waals surface area (Å²) in [5.41, 5.74) is 0.230. The molecule has 23 heavy (non-hydrogen) atoms. The first-order chi connectivity index (χ1) is 10.8. The van der Waals surface area contributed by atoms with Crippen LogP contribution in [0.5, 0.6) is 0 Å². The van der Waals surface area contributed by atoms with Crippen molar-refractivity contribution in [3.05, 3.63) is 35.9 Å². The van der Waals surface area contributed by atoms with Crippen LogP contribution in [-0.4, -0.2) is 34.5 Å². The Bertz CT molecular complexity index is 592. The molecule has 1 aromatic rings. The molecule has 1 atom stereocenters. The minimum atomic E-state index is -0.730. The van der Waals surface area contributed by atoms with E-state index in [1.165, 1.54) is 4.90 Å². The van der Waals surface area contributed by atoms with E-state index in [2.05, 4.69) is 5.32 Å². The van der Waals surface area contributed by atoms with Crippen molar-refractivity contribution in [2.24, 2.45) is 0 Å². The highest BCUT2D eigenvalue weighted by Gasteiger charge is 2.35. The van der Waals surface area contributed by atoms with Crippen LogP contribution in [0.4, 0.5) is 4.79 Å². The molecule has 2 rings (SSSR count). The van der Waals surface area contributed by atoms with Crippen LogP contribution in [0.25, 0.3) is 0 Å². The maximum atomic E-state index is 12.5. The number of imide groups is 1. The molecule has 6 heteroatoms. The maximum absolute atomic E-state index is 12.5. The Hall–Kier alpha value is -2.37. The largest absolute Gasteiger partial charge is 0.444 e. The normalized spacial score (nSPS) is 18.7. The second-order valence-electron chi connectivity index (χ2n) is 6.54. The molecule has 1 aliphatic rings. The molecule has 1 N–H and O–H groups in total. The molecule has 1 unspecified atom stereocenters. The van der Waals surface area contributed by atoms with Crippen LogP contribution in [0.1, 0.15) is 39.2 Å². The zero-order valence-corrected chi connectivity index (χ0v) is 13.7. The summed E-state index contributed by atoms with van der Waals surface area (Å²) in [6, 6.07) is 8.55. The van der Waals surface area contributed by atoms with Gasteiger partial charge in [0.25, 0.3) is 5.91 Å². The van der Waals surface area contributed by atoms with Gasteiger partial charge in [0.1, 0.15) is 11.6 Å². The van der Waals surface area contributed by atoms with Crippen molar-refractivity contribution in [2.75, 3.05) is 0 Å². The minimum absolute atomic E-state index is 0.213. The number of likely N-dealkylation sites (tertiary alicyclic amines) is 1. The molecular weight excluding hydrogens is 296 g/mol. The first-order valence-corrected chi connectivity index (χ1v) is 7.64. The quantitative estimate of drug-likeness (QED) is 0.867. The second-order valence-corrected chi connectivity index (χ2v) is 6.54. The van der Waals surface area contributed by atoms with Crippen molar-refractivity contribution in [1.29, 1.82) is 0 Å². The number of piperidine rings is 1. The number of rotatable bonds is 3. The Kier molecular flexibility index (Phi) is 5.03. The Labute approximate surface area is 135 Å². The van der Waals surface area contributed by atoms with E-state index in [0.29, 0.717) is 6.42 Å². The summed E-state index contributed by atoms with van der Waals surface area (Å²) in [7, 11) is 0. The topological polar surface area (TPSA) is 75.7 Å². The van der Waals surface area contributed by atoms with Gasteiger partial charge in [0.2, 0.25) is 5.91 Å². The minimum Gasteiger partial charge on any atom is -0.444 e. The van der Waals surface area contributed by atoms with Crippen molar-refractivity contribution in [2.45, 2.75) is 51.8 Å². The van der Waals surface area contributed by atoms with E-state index in [-0.39, 0.29) is 18.9 Å². The van der Waals surface area contributed by atoms with Crippen LogP contribution >= 0.6 is 0 Å². The van der Waals surface area contributed by atoms with Gasteiger partial charge in [-0.3, -0.25) is 14.5 Å². The standard InChI is InChI=1S/C17H22N2O4/c1-17(2,3)23-16(22)18-13-9-10-14(20)19(15(13)21)11-12-7-5-4-6-8-12/h4-8,13H,9-11H2,1-3H3,(H,18,22). The monoisotopic (exact) mass is 318 g/mol. The first kappa shape index (κ1) is 17.0. The molecule has 124 valence electrons. The fraction of sp³-hybridized carbons (Fsp3) is 0.471. The van der Waals surface area contributed by atoms with Gasteiger partial charge in [-0.05, 0) is 32.8 Å².